The summed E-state index contributed by atoms with van der Waals surface area (Å²) < 4.78 is 42.3. The van der Waals surface area contributed by atoms with E-state index in [0.29, 0.717) is 0 Å². The van der Waals surface area contributed by atoms with Gasteiger partial charge in [0.1, 0.15) is 25.1 Å². The molecule has 1 fully saturated rings. The molecule has 1 heterocycles. The highest BCUT2D eigenvalue weighted by atomic mass is 16.7. The van der Waals surface area contributed by atoms with Gasteiger partial charge in [-0.3, -0.25) is 39.4 Å². The zero-order valence-corrected chi connectivity index (χ0v) is 25.2. The maximum absolute atomic E-state index is 12.1. The Morgan fingerprint density at radius 3 is 1.89 bits per heavy atom. The van der Waals surface area contributed by atoms with Gasteiger partial charge < -0.3 is 37.9 Å². The molecule has 0 N–H and O–H groups in total. The van der Waals surface area contributed by atoms with E-state index in [1.165, 1.54) is 18.2 Å². The van der Waals surface area contributed by atoms with Crippen molar-refractivity contribution in [3.8, 4) is 11.5 Å². The number of non-ortho nitro benzene ring substituents is 1. The fraction of sp³-hybridized carbons (Fsp3) is 0.393. The number of hydrogen-bond acceptors (Lipinski definition) is 17. The van der Waals surface area contributed by atoms with Gasteiger partial charge in [0.25, 0.3) is 5.69 Å². The predicted molar refractivity (Wildman–Crippen MR) is 150 cm³/mol. The van der Waals surface area contributed by atoms with Crippen molar-refractivity contribution in [2.45, 2.75) is 65.0 Å². The topological polar surface area (TPSA) is 245 Å². The second-order valence-electron chi connectivity index (χ2n) is 9.64. The Morgan fingerprint density at radius 1 is 0.745 bits per heavy atom. The number of hydrogen-bond donors (Lipinski definition) is 0. The van der Waals surface area contributed by atoms with Crippen molar-refractivity contribution in [3.63, 3.8) is 0 Å². The molecule has 1 aliphatic heterocycles. The Labute approximate surface area is 264 Å². The van der Waals surface area contributed by atoms with Gasteiger partial charge >= 0.3 is 35.7 Å². The van der Waals surface area contributed by atoms with E-state index in [9.17, 15) is 44.2 Å². The standard InChI is InChI=1S/C28H28N2O17/c1-14(31)40-13-23-24(42-15(2)32)25(43-16(3)33)26(44-17(4)34)27(47-23)46-22-10-5-18(11-21(22)30(38)39)12-41-28(35)45-20-8-6-19(7-9-20)29(36)37/h5-11,23-27H,12-13H2,1-4H3/t23-,24+,25+,26-,27-/m0/s1. The number of nitro benzene ring substituents is 2. The van der Waals surface area contributed by atoms with Crippen molar-refractivity contribution in [2.24, 2.45) is 0 Å². The summed E-state index contributed by atoms with van der Waals surface area (Å²) in [6, 6.07) is 7.96. The van der Waals surface area contributed by atoms with Crippen molar-refractivity contribution in [2.75, 3.05) is 6.61 Å². The van der Waals surface area contributed by atoms with E-state index in [4.69, 9.17) is 37.9 Å². The minimum absolute atomic E-state index is 0.0554. The Morgan fingerprint density at radius 2 is 1.34 bits per heavy atom. The highest BCUT2D eigenvalue weighted by molar-refractivity contribution is 5.69. The Bertz CT molecular complexity index is 1530. The number of benzene rings is 2. The highest BCUT2D eigenvalue weighted by Crippen LogP contribution is 2.35. The summed E-state index contributed by atoms with van der Waals surface area (Å²) in [4.78, 5) is 80.9. The molecule has 0 saturated carbocycles. The Kier molecular flexibility index (Phi) is 12.1. The van der Waals surface area contributed by atoms with Crippen LogP contribution in [-0.4, -0.2) is 77.2 Å². The number of carbonyl (C=O) groups excluding carboxylic acids is 5. The van der Waals surface area contributed by atoms with Gasteiger partial charge in [-0.25, -0.2) is 4.79 Å². The largest absolute Gasteiger partial charge is 0.514 e. The second kappa shape index (κ2) is 15.9. The van der Waals surface area contributed by atoms with Crippen molar-refractivity contribution >= 4 is 41.4 Å². The molecule has 0 amide bonds. The number of nitro groups is 2. The van der Waals surface area contributed by atoms with Gasteiger partial charge in [0.2, 0.25) is 12.4 Å². The Hall–Kier alpha value is -5.85. The molecule has 1 saturated heterocycles. The van der Waals surface area contributed by atoms with Gasteiger partial charge in [0.15, 0.2) is 18.0 Å². The third-order valence-electron chi connectivity index (χ3n) is 6.02. The monoisotopic (exact) mass is 664 g/mol. The van der Waals surface area contributed by atoms with Gasteiger partial charge in [0.05, 0.1) is 9.85 Å². The van der Waals surface area contributed by atoms with E-state index < -0.39 is 95.2 Å². The minimum atomic E-state index is -1.74. The van der Waals surface area contributed by atoms with Crippen molar-refractivity contribution in [1.29, 1.82) is 0 Å². The molecule has 2 aromatic rings. The van der Waals surface area contributed by atoms with Crippen LogP contribution in [0.15, 0.2) is 42.5 Å². The molecule has 0 bridgehead atoms. The Balaban J connectivity index is 1.86. The molecule has 0 spiro atoms. The molecule has 0 aromatic heterocycles. The summed E-state index contributed by atoms with van der Waals surface area (Å²) in [6.07, 6.45) is -9.01. The van der Waals surface area contributed by atoms with Crippen molar-refractivity contribution < 1.29 is 71.7 Å². The van der Waals surface area contributed by atoms with E-state index >= 15 is 0 Å². The molecule has 2 aromatic carbocycles. The molecular weight excluding hydrogens is 636 g/mol. The van der Waals surface area contributed by atoms with E-state index in [1.807, 2.05) is 0 Å². The van der Waals surface area contributed by atoms with E-state index in [1.54, 1.807) is 0 Å². The van der Waals surface area contributed by atoms with Crippen LogP contribution in [0.25, 0.3) is 0 Å². The molecule has 5 atom stereocenters. The fourth-order valence-electron chi connectivity index (χ4n) is 4.21. The number of esters is 4. The maximum atomic E-state index is 12.1. The number of ether oxygens (including phenoxy) is 8. The van der Waals surface area contributed by atoms with Gasteiger partial charge in [-0.05, 0) is 23.8 Å². The molecule has 0 aliphatic carbocycles. The summed E-state index contributed by atoms with van der Waals surface area (Å²) in [5, 5.41) is 22.8. The van der Waals surface area contributed by atoms with Gasteiger partial charge in [-0.15, -0.1) is 0 Å². The summed E-state index contributed by atoms with van der Waals surface area (Å²) in [5.41, 5.74) is -0.793. The first-order valence-electron chi connectivity index (χ1n) is 13.5. The molecule has 0 unspecified atom stereocenters. The zero-order chi connectivity index (χ0) is 34.8. The third-order valence-corrected chi connectivity index (χ3v) is 6.02. The summed E-state index contributed by atoms with van der Waals surface area (Å²) in [6.45, 7) is 3.11. The van der Waals surface area contributed by atoms with Crippen molar-refractivity contribution in [1.82, 2.24) is 0 Å². The second-order valence-corrected chi connectivity index (χ2v) is 9.64. The molecule has 47 heavy (non-hydrogen) atoms. The molecule has 0 radical (unpaired) electrons. The lowest BCUT2D eigenvalue weighted by Gasteiger charge is -2.43. The van der Waals surface area contributed by atoms with Crippen LogP contribution < -0.4 is 9.47 Å². The lowest BCUT2D eigenvalue weighted by atomic mass is 9.98. The highest BCUT2D eigenvalue weighted by Gasteiger charge is 2.53. The van der Waals surface area contributed by atoms with Gasteiger partial charge in [-0.2, -0.15) is 0 Å². The van der Waals surface area contributed by atoms with Crippen LogP contribution in [0.2, 0.25) is 0 Å². The molecular formula is C28H28N2O17. The number of rotatable bonds is 12. The van der Waals surface area contributed by atoms with Gasteiger partial charge in [-0.1, -0.05) is 6.07 Å². The van der Waals surface area contributed by atoms with E-state index in [-0.39, 0.29) is 17.0 Å². The molecule has 1 aliphatic rings. The fourth-order valence-corrected chi connectivity index (χ4v) is 4.21. The smallest absolute Gasteiger partial charge is 0.463 e. The van der Waals surface area contributed by atoms with Crippen LogP contribution in [-0.2, 0) is 54.2 Å². The van der Waals surface area contributed by atoms with E-state index in [0.717, 1.165) is 52.0 Å². The zero-order valence-electron chi connectivity index (χ0n) is 25.2. The summed E-state index contributed by atoms with van der Waals surface area (Å²) in [7, 11) is 0. The van der Waals surface area contributed by atoms with E-state index in [2.05, 4.69) is 0 Å². The normalized spacial score (nSPS) is 20.1. The quantitative estimate of drug-likeness (QED) is 0.104. The lowest BCUT2D eigenvalue weighted by Crippen LogP contribution is -2.63. The van der Waals surface area contributed by atoms with Crippen LogP contribution in [0.3, 0.4) is 0 Å². The predicted octanol–water partition coefficient (Wildman–Crippen LogP) is 2.68. The maximum Gasteiger partial charge on any atom is 0.514 e. The molecule has 3 rings (SSSR count). The summed E-state index contributed by atoms with van der Waals surface area (Å²) in [5.74, 6) is -3.89. The van der Waals surface area contributed by atoms with Crippen LogP contribution in [0.5, 0.6) is 11.5 Å². The first-order valence-corrected chi connectivity index (χ1v) is 13.5. The number of nitrogens with zero attached hydrogens (tertiary/aromatic N) is 2. The van der Waals surface area contributed by atoms with Crippen molar-refractivity contribution in [3.05, 3.63) is 68.3 Å². The SMILES string of the molecule is CC(=O)OC[C@@H]1O[C@H](Oc2ccc(COC(=O)Oc3ccc([N+](=O)[O-])cc3)cc2[N+](=O)[O-])[C@@H](OC(C)=O)[C@H](OC(C)=O)[C@@H]1OC(C)=O. The van der Waals surface area contributed by atoms with Crippen LogP contribution in [0.4, 0.5) is 16.2 Å². The minimum Gasteiger partial charge on any atom is -0.463 e. The lowest BCUT2D eigenvalue weighted by molar-refractivity contribution is -0.387. The number of carbonyl (C=O) groups is 5. The van der Waals surface area contributed by atoms with Crippen LogP contribution in [0.1, 0.15) is 33.3 Å². The summed E-state index contributed by atoms with van der Waals surface area (Å²) >= 11 is 0. The average Bonchev–Trinajstić information content (AvgIpc) is 2.98. The van der Waals surface area contributed by atoms with Crippen LogP contribution >= 0.6 is 0 Å². The molecule has 252 valence electrons. The van der Waals surface area contributed by atoms with Gasteiger partial charge in [0, 0.05) is 45.9 Å². The molecule has 19 heteroatoms. The first kappa shape index (κ1) is 35.6. The average molecular weight is 665 g/mol. The molecule has 19 nitrogen and oxygen atoms in total. The first-order chi connectivity index (χ1) is 22.1. The third kappa shape index (κ3) is 10.3. The van der Waals surface area contributed by atoms with Crippen LogP contribution in [0, 0.1) is 20.2 Å².